The number of ether oxygens (including phenoxy) is 5. The molecular weight excluding hydrogens is 626 g/mol. The number of hydrogen-bond acceptors (Lipinski definition) is 10. The van der Waals surface area contributed by atoms with Crippen molar-refractivity contribution < 1.29 is 43.5 Å². The molecule has 1 fully saturated rings. The van der Waals surface area contributed by atoms with E-state index in [2.05, 4.69) is 11.0 Å². The van der Waals surface area contributed by atoms with E-state index in [9.17, 15) is 19.8 Å². The van der Waals surface area contributed by atoms with Crippen LogP contribution in [0.2, 0.25) is 0 Å². The van der Waals surface area contributed by atoms with Gasteiger partial charge in [-0.2, -0.15) is 0 Å². The van der Waals surface area contributed by atoms with Crippen LogP contribution in [0.5, 0.6) is 11.5 Å². The summed E-state index contributed by atoms with van der Waals surface area (Å²) in [5, 5.41) is 24.4. The van der Waals surface area contributed by atoms with Crippen LogP contribution in [-0.2, 0) is 36.8 Å². The lowest BCUT2D eigenvalue weighted by Gasteiger charge is -2.39. The van der Waals surface area contributed by atoms with Crippen molar-refractivity contribution in [3.05, 3.63) is 83.1 Å². The SMILES string of the molecule is COC1=CC23CCCN2CCc2cc4c(cc2[C@@H]3C1OC(=O)[C@@](O)(CCCC(C)(C)O)CC(=O)OCc1cccc2ccccc12)OCO4. The highest BCUT2D eigenvalue weighted by Crippen LogP contribution is 2.55. The van der Waals surface area contributed by atoms with Gasteiger partial charge in [-0.3, -0.25) is 9.69 Å². The van der Waals surface area contributed by atoms with Crippen molar-refractivity contribution in [2.45, 2.75) is 94.2 Å². The van der Waals surface area contributed by atoms with Crippen LogP contribution in [0.1, 0.15) is 75.0 Å². The summed E-state index contributed by atoms with van der Waals surface area (Å²) in [6, 6.07) is 17.6. The van der Waals surface area contributed by atoms with Gasteiger partial charge in [-0.25, -0.2) is 4.79 Å². The van der Waals surface area contributed by atoms with Crippen molar-refractivity contribution >= 4 is 22.7 Å². The van der Waals surface area contributed by atoms with E-state index in [0.717, 1.165) is 59.8 Å². The Labute approximate surface area is 286 Å². The van der Waals surface area contributed by atoms with Gasteiger partial charge in [0.2, 0.25) is 6.79 Å². The quantitative estimate of drug-likeness (QED) is 0.260. The minimum Gasteiger partial charge on any atom is -0.497 e. The molecule has 2 unspecified atom stereocenters. The van der Waals surface area contributed by atoms with E-state index in [-0.39, 0.29) is 32.2 Å². The van der Waals surface area contributed by atoms with Crippen molar-refractivity contribution in [3.8, 4) is 11.5 Å². The number of esters is 2. The van der Waals surface area contributed by atoms with Crippen molar-refractivity contribution in [1.82, 2.24) is 4.90 Å². The van der Waals surface area contributed by atoms with Crippen molar-refractivity contribution in [3.63, 3.8) is 0 Å². The smallest absolute Gasteiger partial charge is 0.339 e. The molecule has 7 rings (SSSR count). The number of rotatable bonds is 11. The molecule has 1 spiro atoms. The number of aliphatic hydroxyl groups is 2. The number of hydrogen-bond donors (Lipinski definition) is 2. The molecule has 1 aliphatic carbocycles. The van der Waals surface area contributed by atoms with E-state index >= 15 is 0 Å². The number of nitrogens with zero attached hydrogens (tertiary/aromatic N) is 1. The van der Waals surface area contributed by atoms with Crippen molar-refractivity contribution in [2.24, 2.45) is 0 Å². The Kier molecular flexibility index (Phi) is 8.83. The van der Waals surface area contributed by atoms with Gasteiger partial charge >= 0.3 is 11.9 Å². The van der Waals surface area contributed by atoms with Gasteiger partial charge in [0.05, 0.1) is 30.6 Å². The Balaban J connectivity index is 1.16. The molecule has 0 radical (unpaired) electrons. The van der Waals surface area contributed by atoms with E-state index < -0.39 is 41.2 Å². The molecule has 4 atom stereocenters. The molecular formula is C39H45NO9. The second kappa shape index (κ2) is 13.0. The van der Waals surface area contributed by atoms with Gasteiger partial charge in [0.15, 0.2) is 23.2 Å². The Bertz CT molecular complexity index is 1770. The average molecular weight is 672 g/mol. The molecule has 0 bridgehead atoms. The molecule has 2 N–H and O–H groups in total. The third-order valence-corrected chi connectivity index (χ3v) is 10.7. The zero-order valence-corrected chi connectivity index (χ0v) is 28.4. The maximum absolute atomic E-state index is 14.3. The summed E-state index contributed by atoms with van der Waals surface area (Å²) >= 11 is 0. The lowest BCUT2D eigenvalue weighted by Crippen LogP contribution is -2.49. The first-order chi connectivity index (χ1) is 23.5. The lowest BCUT2D eigenvalue weighted by molar-refractivity contribution is -0.179. The zero-order valence-electron chi connectivity index (χ0n) is 28.4. The fourth-order valence-electron chi connectivity index (χ4n) is 8.26. The molecule has 0 aromatic heterocycles. The summed E-state index contributed by atoms with van der Waals surface area (Å²) in [4.78, 5) is 30.1. The third-order valence-electron chi connectivity index (χ3n) is 10.7. The van der Waals surface area contributed by atoms with Crippen LogP contribution in [0.4, 0.5) is 0 Å². The van der Waals surface area contributed by atoms with Crippen LogP contribution in [0, 0.1) is 0 Å². The predicted octanol–water partition coefficient (Wildman–Crippen LogP) is 5.30. The molecule has 3 aliphatic heterocycles. The van der Waals surface area contributed by atoms with E-state index in [1.807, 2.05) is 54.6 Å². The zero-order chi connectivity index (χ0) is 34.4. The van der Waals surface area contributed by atoms with Crippen LogP contribution in [0.3, 0.4) is 0 Å². The number of benzene rings is 3. The van der Waals surface area contributed by atoms with Gasteiger partial charge in [-0.15, -0.1) is 0 Å². The number of carbonyl (C=O) groups excluding carboxylic acids is 2. The largest absolute Gasteiger partial charge is 0.497 e. The topological polar surface area (TPSA) is 124 Å². The molecule has 10 nitrogen and oxygen atoms in total. The fraction of sp³-hybridized carbons (Fsp3) is 0.487. The highest BCUT2D eigenvalue weighted by Gasteiger charge is 2.59. The van der Waals surface area contributed by atoms with Gasteiger partial charge in [0.25, 0.3) is 0 Å². The molecule has 49 heavy (non-hydrogen) atoms. The molecule has 3 aromatic rings. The molecule has 260 valence electrons. The highest BCUT2D eigenvalue weighted by atomic mass is 16.7. The van der Waals surface area contributed by atoms with Crippen LogP contribution in [0.15, 0.2) is 66.4 Å². The summed E-state index contributed by atoms with van der Waals surface area (Å²) in [6.07, 6.45) is 3.74. The second-order valence-corrected chi connectivity index (χ2v) is 14.5. The van der Waals surface area contributed by atoms with Gasteiger partial charge in [-0.05, 0) is 105 Å². The fourth-order valence-corrected chi connectivity index (χ4v) is 8.26. The van der Waals surface area contributed by atoms with Gasteiger partial charge in [0.1, 0.15) is 12.4 Å². The van der Waals surface area contributed by atoms with Gasteiger partial charge < -0.3 is 33.9 Å². The molecule has 0 saturated carbocycles. The van der Waals surface area contributed by atoms with Crippen molar-refractivity contribution in [1.29, 1.82) is 0 Å². The maximum atomic E-state index is 14.3. The standard InChI is InChI=1S/C39H45NO9/c1-37(2,43)14-7-16-39(44,22-33(41)46-23-27-11-6-10-25-9-4-5-12-28(25)27)36(42)49-35-32(45-3)21-38-15-8-17-40(38)18-13-26-19-30-31(48-24-47-30)20-29(26)34(35)38/h4-6,9-12,19-21,34-35,43-44H,7-8,13-18,22-24H2,1-3H3/t34-,35?,38?,39-/m1/s1. The van der Waals surface area contributed by atoms with Crippen LogP contribution in [-0.4, -0.2) is 76.9 Å². The Morgan fingerprint density at radius 2 is 1.80 bits per heavy atom. The van der Waals surface area contributed by atoms with Crippen LogP contribution in [0.25, 0.3) is 10.8 Å². The third kappa shape index (κ3) is 6.37. The number of carbonyl (C=O) groups is 2. The molecule has 0 amide bonds. The molecule has 10 heteroatoms. The first-order valence-corrected chi connectivity index (χ1v) is 17.2. The highest BCUT2D eigenvalue weighted by molar-refractivity contribution is 5.87. The second-order valence-electron chi connectivity index (χ2n) is 14.5. The minimum atomic E-state index is -2.20. The van der Waals surface area contributed by atoms with Crippen LogP contribution < -0.4 is 9.47 Å². The monoisotopic (exact) mass is 671 g/mol. The van der Waals surface area contributed by atoms with E-state index in [1.54, 1.807) is 21.0 Å². The van der Waals surface area contributed by atoms with Crippen molar-refractivity contribution in [2.75, 3.05) is 27.0 Å². The summed E-state index contributed by atoms with van der Waals surface area (Å²) in [7, 11) is 1.56. The summed E-state index contributed by atoms with van der Waals surface area (Å²) in [5.41, 5.74) is -0.771. The molecule has 1 saturated heterocycles. The molecule has 3 aromatic carbocycles. The maximum Gasteiger partial charge on any atom is 0.339 e. The average Bonchev–Trinajstić information content (AvgIpc) is 3.76. The molecule has 3 heterocycles. The summed E-state index contributed by atoms with van der Waals surface area (Å²) < 4.78 is 29.4. The van der Waals surface area contributed by atoms with E-state index in [4.69, 9.17) is 23.7 Å². The van der Waals surface area contributed by atoms with Crippen LogP contribution >= 0.6 is 0 Å². The Hall–Kier alpha value is -4.12. The first kappa shape index (κ1) is 33.4. The normalized spacial score (nSPS) is 23.9. The van der Waals surface area contributed by atoms with Gasteiger partial charge in [-0.1, -0.05) is 42.5 Å². The van der Waals surface area contributed by atoms with E-state index in [1.165, 1.54) is 0 Å². The molecule has 4 aliphatic rings. The van der Waals surface area contributed by atoms with Gasteiger partial charge in [0, 0.05) is 6.54 Å². The number of fused-ring (bicyclic) bond motifs is 4. The predicted molar refractivity (Wildman–Crippen MR) is 181 cm³/mol. The lowest BCUT2D eigenvalue weighted by atomic mass is 9.77. The summed E-state index contributed by atoms with van der Waals surface area (Å²) in [6.45, 7) is 5.18. The Morgan fingerprint density at radius 3 is 2.59 bits per heavy atom. The summed E-state index contributed by atoms with van der Waals surface area (Å²) in [5.74, 6) is -0.132. The number of methoxy groups -OCH3 is 1. The first-order valence-electron chi connectivity index (χ1n) is 17.2. The minimum absolute atomic E-state index is 0.0124. The Morgan fingerprint density at radius 1 is 1.02 bits per heavy atom. The van der Waals surface area contributed by atoms with E-state index in [0.29, 0.717) is 23.7 Å².